The van der Waals surface area contributed by atoms with Crippen molar-refractivity contribution in [3.63, 3.8) is 0 Å². The van der Waals surface area contributed by atoms with Gasteiger partial charge in [-0.2, -0.15) is 13.9 Å². The number of nitrogens with zero attached hydrogens (tertiary/aromatic N) is 2. The minimum Gasteiger partial charge on any atom is -0.261 e. The van der Waals surface area contributed by atoms with E-state index in [0.717, 1.165) is 18.4 Å². The van der Waals surface area contributed by atoms with E-state index in [2.05, 4.69) is 11.3 Å². The Morgan fingerprint density at radius 3 is 2.85 bits per heavy atom. The monoisotopic (exact) mass is 205 g/mol. The second kappa shape index (κ2) is 4.60. The number of rotatable bonds is 4. The first-order chi connectivity index (χ1) is 6.15. The van der Waals surface area contributed by atoms with E-state index in [1.54, 1.807) is 7.05 Å². The average molecular weight is 205 g/mol. The highest BCUT2D eigenvalue weighted by Gasteiger charge is 2.14. The van der Waals surface area contributed by atoms with Crippen LogP contribution in [0.25, 0.3) is 0 Å². The molecule has 0 bridgehead atoms. The Labute approximate surface area is 80.3 Å². The van der Waals surface area contributed by atoms with Gasteiger partial charge in [0, 0.05) is 12.6 Å². The summed E-state index contributed by atoms with van der Waals surface area (Å²) >= 11 is 0.534. The molecule has 0 aliphatic heterocycles. The molecule has 0 aliphatic carbocycles. The number of halogens is 2. The van der Waals surface area contributed by atoms with E-state index in [1.165, 1.54) is 4.68 Å². The first kappa shape index (κ1) is 10.5. The Kier molecular flexibility index (Phi) is 3.71. The summed E-state index contributed by atoms with van der Waals surface area (Å²) in [7, 11) is 1.65. The normalized spacial score (nSPS) is 11.2. The zero-order chi connectivity index (χ0) is 9.84. The minimum absolute atomic E-state index is 0.525. The predicted octanol–water partition coefficient (Wildman–Crippen LogP) is 2.49. The minimum atomic E-state index is -2.39. The molecule has 0 saturated carbocycles. The fourth-order valence-electron chi connectivity index (χ4n) is 1.07. The van der Waals surface area contributed by atoms with E-state index < -0.39 is 5.76 Å². The lowest BCUT2D eigenvalue weighted by molar-refractivity contribution is 0.251. The van der Waals surface area contributed by atoms with E-state index in [9.17, 15) is 8.78 Å². The number of aromatic nitrogens is 2. The molecule has 0 fully saturated rings. The topological polar surface area (TPSA) is 17.8 Å². The fraction of sp³-hybridized carbons (Fsp3) is 0.625. The summed E-state index contributed by atoms with van der Waals surface area (Å²) in [6.45, 7) is 2.00. The Hall–Kier alpha value is -0.580. The Bertz CT molecular complexity index is 273. The quantitative estimate of drug-likeness (QED) is 0.703. The van der Waals surface area contributed by atoms with E-state index >= 15 is 0 Å². The van der Waals surface area contributed by atoms with Crippen molar-refractivity contribution in [2.24, 2.45) is 7.05 Å². The molecule has 1 aromatic heterocycles. The number of hydrogen-bond donors (Lipinski definition) is 0. The summed E-state index contributed by atoms with van der Waals surface area (Å²) in [5, 5.41) is 4.35. The Morgan fingerprint density at radius 2 is 2.31 bits per heavy atom. The molecule has 73 valence electrons. The van der Waals surface area contributed by atoms with E-state index in [4.69, 9.17) is 0 Å². The summed E-state index contributed by atoms with van der Waals surface area (Å²) < 4.78 is 25.7. The van der Waals surface area contributed by atoms with Crippen LogP contribution in [0.4, 0.5) is 8.78 Å². The lowest BCUT2D eigenvalue weighted by Crippen LogP contribution is -1.96. The molecule has 5 heteroatoms. The smallest absolute Gasteiger partial charge is 0.261 e. The van der Waals surface area contributed by atoms with Crippen molar-refractivity contribution >= 4 is 11.8 Å². The summed E-state index contributed by atoms with van der Waals surface area (Å²) in [5.41, 5.74) is 0.787. The van der Waals surface area contributed by atoms with Gasteiger partial charge in [-0.15, -0.1) is 0 Å². The van der Waals surface area contributed by atoms with E-state index in [-0.39, 0.29) is 0 Å². The predicted molar refractivity (Wildman–Crippen MR) is 47.9 cm³/mol. The van der Waals surface area contributed by atoms with Gasteiger partial charge in [0.25, 0.3) is 5.76 Å². The average Bonchev–Trinajstić information content (AvgIpc) is 2.36. The van der Waals surface area contributed by atoms with Crippen LogP contribution in [-0.4, -0.2) is 15.5 Å². The molecule has 0 unspecified atom stereocenters. The standard InChI is InChI=1S/C8H11F2N2S/c1-3-4-6-5-11-12(2)7(6)13-8(9)10/h8H,3-4H2,1-2H3. The lowest BCUT2D eigenvalue weighted by Gasteiger charge is -2.03. The van der Waals surface area contributed by atoms with Crippen molar-refractivity contribution in [3.8, 4) is 0 Å². The molecule has 0 amide bonds. The van der Waals surface area contributed by atoms with Crippen LogP contribution in [-0.2, 0) is 13.5 Å². The maximum Gasteiger partial charge on any atom is 0.290 e. The molecular formula is C8H11F2N2S. The maximum atomic E-state index is 12.1. The number of aryl methyl sites for hydroxylation is 2. The van der Waals surface area contributed by atoms with Crippen LogP contribution >= 0.6 is 11.8 Å². The van der Waals surface area contributed by atoms with Crippen molar-refractivity contribution < 1.29 is 8.78 Å². The molecule has 0 aliphatic rings. The molecule has 0 aromatic carbocycles. The van der Waals surface area contributed by atoms with Crippen LogP contribution in [0.3, 0.4) is 0 Å². The number of alkyl halides is 2. The Morgan fingerprint density at radius 1 is 1.62 bits per heavy atom. The molecule has 1 aromatic rings. The molecule has 2 nitrogen and oxygen atoms in total. The van der Waals surface area contributed by atoms with Crippen LogP contribution in [0.5, 0.6) is 0 Å². The summed E-state index contributed by atoms with van der Waals surface area (Å²) in [6, 6.07) is 0. The highest BCUT2D eigenvalue weighted by molar-refractivity contribution is 7.99. The molecular weight excluding hydrogens is 194 g/mol. The first-order valence-corrected chi connectivity index (χ1v) is 4.91. The van der Waals surface area contributed by atoms with Gasteiger partial charge in [0.1, 0.15) is 11.2 Å². The zero-order valence-electron chi connectivity index (χ0n) is 7.55. The van der Waals surface area contributed by atoms with Gasteiger partial charge in [-0.3, -0.25) is 4.68 Å². The summed E-state index contributed by atoms with van der Waals surface area (Å²) in [4.78, 5) is 0. The van der Waals surface area contributed by atoms with Crippen molar-refractivity contribution in [1.82, 2.24) is 9.78 Å². The van der Waals surface area contributed by atoms with Gasteiger partial charge >= 0.3 is 0 Å². The molecule has 0 N–H and O–H groups in total. The van der Waals surface area contributed by atoms with Gasteiger partial charge in [-0.1, -0.05) is 13.3 Å². The van der Waals surface area contributed by atoms with Gasteiger partial charge in [0.15, 0.2) is 0 Å². The van der Waals surface area contributed by atoms with Crippen molar-refractivity contribution in [3.05, 3.63) is 11.8 Å². The van der Waals surface area contributed by atoms with Crippen LogP contribution in [0.2, 0.25) is 0 Å². The fourth-order valence-corrected chi connectivity index (χ4v) is 1.72. The molecule has 1 rings (SSSR count). The second-order valence-corrected chi connectivity index (χ2v) is 3.63. The van der Waals surface area contributed by atoms with Gasteiger partial charge in [-0.25, -0.2) is 0 Å². The maximum absolute atomic E-state index is 12.1. The van der Waals surface area contributed by atoms with Crippen molar-refractivity contribution in [2.75, 3.05) is 0 Å². The highest BCUT2D eigenvalue weighted by atomic mass is 32.2. The molecule has 1 heterocycles. The van der Waals surface area contributed by atoms with Crippen molar-refractivity contribution in [2.45, 2.75) is 30.5 Å². The van der Waals surface area contributed by atoms with Crippen LogP contribution < -0.4 is 0 Å². The number of hydrogen-bond acceptors (Lipinski definition) is 2. The zero-order valence-corrected chi connectivity index (χ0v) is 8.37. The molecule has 0 atom stereocenters. The van der Waals surface area contributed by atoms with Gasteiger partial charge in [0.2, 0.25) is 0 Å². The van der Waals surface area contributed by atoms with Crippen LogP contribution in [0.15, 0.2) is 5.03 Å². The van der Waals surface area contributed by atoms with Gasteiger partial charge in [-0.05, 0) is 18.2 Å². The largest absolute Gasteiger partial charge is 0.290 e. The highest BCUT2D eigenvalue weighted by Crippen LogP contribution is 2.28. The van der Waals surface area contributed by atoms with Gasteiger partial charge in [0.05, 0.1) is 0 Å². The molecule has 13 heavy (non-hydrogen) atoms. The third-order valence-corrected chi connectivity index (χ3v) is 2.50. The Balaban J connectivity index is 2.81. The number of thioether (sulfide) groups is 1. The summed E-state index contributed by atoms with van der Waals surface area (Å²) in [5.74, 6) is -2.39. The van der Waals surface area contributed by atoms with E-state index in [0.29, 0.717) is 16.8 Å². The van der Waals surface area contributed by atoms with E-state index in [1.807, 2.05) is 6.92 Å². The van der Waals surface area contributed by atoms with Crippen molar-refractivity contribution in [1.29, 1.82) is 0 Å². The van der Waals surface area contributed by atoms with Gasteiger partial charge < -0.3 is 0 Å². The summed E-state index contributed by atoms with van der Waals surface area (Å²) in [6.07, 6.45) is 4.41. The first-order valence-electron chi connectivity index (χ1n) is 4.03. The SMILES string of the molecule is CCCc1[c]nn(C)c1SC(F)F. The lowest BCUT2D eigenvalue weighted by atomic mass is 10.2. The third kappa shape index (κ3) is 2.69. The molecule has 0 spiro atoms. The molecule has 0 saturated heterocycles. The third-order valence-electron chi connectivity index (χ3n) is 1.59. The van der Waals surface area contributed by atoms with Crippen LogP contribution in [0.1, 0.15) is 18.9 Å². The van der Waals surface area contributed by atoms with Crippen LogP contribution in [0, 0.1) is 6.20 Å². The molecule has 1 radical (unpaired) electrons. The second-order valence-electron chi connectivity index (χ2n) is 2.65.